The number of benzene rings is 4. The lowest BCUT2D eigenvalue weighted by Crippen LogP contribution is -2.13. The van der Waals surface area contributed by atoms with Gasteiger partial charge in [0.15, 0.2) is 11.5 Å². The molecule has 0 atom stereocenters. The summed E-state index contributed by atoms with van der Waals surface area (Å²) in [6.07, 6.45) is 1.56. The molecule has 0 unspecified atom stereocenters. The number of nitrogens with one attached hydrogen (secondary N) is 1. The second kappa shape index (κ2) is 11.9. The second-order valence-corrected chi connectivity index (χ2v) is 9.79. The van der Waals surface area contributed by atoms with Crippen LogP contribution in [0.15, 0.2) is 78.4 Å². The zero-order chi connectivity index (χ0) is 26.4. The van der Waals surface area contributed by atoms with Gasteiger partial charge in [-0.3, -0.25) is 4.79 Å². The van der Waals surface area contributed by atoms with Crippen LogP contribution in [0.1, 0.15) is 29.2 Å². The molecule has 0 saturated carbocycles. The number of halogens is 1. The average molecular weight is 602 g/mol. The fourth-order valence-corrected chi connectivity index (χ4v) is 4.87. The summed E-state index contributed by atoms with van der Waals surface area (Å²) in [4.78, 5) is 12.8. The summed E-state index contributed by atoms with van der Waals surface area (Å²) in [6, 6.07) is 25.6. The summed E-state index contributed by atoms with van der Waals surface area (Å²) in [7, 11) is 0. The van der Waals surface area contributed by atoms with E-state index in [0.29, 0.717) is 36.0 Å². The molecule has 0 spiro atoms. The van der Waals surface area contributed by atoms with Crippen LogP contribution in [0.3, 0.4) is 0 Å². The molecule has 0 fully saturated rings. The van der Waals surface area contributed by atoms with E-state index in [2.05, 4.69) is 59.1 Å². The SMILES string of the molecule is CCOc1cc(/C=C(\C#N)C(=O)Nc2cccc(C)c2)cc(I)c1OCc1c(C)ccc2ccccc12. The van der Waals surface area contributed by atoms with Gasteiger partial charge in [0.25, 0.3) is 5.91 Å². The van der Waals surface area contributed by atoms with Gasteiger partial charge in [0.1, 0.15) is 18.2 Å². The minimum absolute atomic E-state index is 0.000182. The summed E-state index contributed by atoms with van der Waals surface area (Å²) in [6.45, 7) is 6.77. The Labute approximate surface area is 230 Å². The molecule has 186 valence electrons. The van der Waals surface area contributed by atoms with Gasteiger partial charge in [-0.05, 0) is 101 Å². The lowest BCUT2D eigenvalue weighted by Gasteiger charge is -2.17. The maximum atomic E-state index is 12.8. The van der Waals surface area contributed by atoms with Crippen molar-refractivity contribution < 1.29 is 14.3 Å². The Kier molecular flexibility index (Phi) is 8.47. The molecule has 1 amide bonds. The molecule has 0 aromatic heterocycles. The number of carbonyl (C=O) groups is 1. The van der Waals surface area contributed by atoms with E-state index in [0.717, 1.165) is 25.6 Å². The average Bonchev–Trinajstić information content (AvgIpc) is 2.88. The van der Waals surface area contributed by atoms with E-state index in [1.54, 1.807) is 18.2 Å². The predicted octanol–water partition coefficient (Wildman–Crippen LogP) is 7.58. The highest BCUT2D eigenvalue weighted by Gasteiger charge is 2.16. The highest BCUT2D eigenvalue weighted by atomic mass is 127. The first kappa shape index (κ1) is 26.2. The van der Waals surface area contributed by atoms with E-state index in [9.17, 15) is 10.1 Å². The van der Waals surface area contributed by atoms with Crippen molar-refractivity contribution in [2.45, 2.75) is 27.4 Å². The van der Waals surface area contributed by atoms with E-state index < -0.39 is 5.91 Å². The van der Waals surface area contributed by atoms with Crippen LogP contribution in [0, 0.1) is 28.7 Å². The third-order valence-corrected chi connectivity index (χ3v) is 6.72. The normalized spacial score (nSPS) is 11.2. The molecule has 0 radical (unpaired) electrons. The van der Waals surface area contributed by atoms with Crippen LogP contribution in [-0.4, -0.2) is 12.5 Å². The van der Waals surface area contributed by atoms with Gasteiger partial charge in [-0.15, -0.1) is 0 Å². The van der Waals surface area contributed by atoms with E-state index in [4.69, 9.17) is 9.47 Å². The summed E-state index contributed by atoms with van der Waals surface area (Å²) < 4.78 is 13.1. The van der Waals surface area contributed by atoms with Crippen molar-refractivity contribution in [3.8, 4) is 17.6 Å². The predicted molar refractivity (Wildman–Crippen MR) is 157 cm³/mol. The quantitative estimate of drug-likeness (QED) is 0.128. The zero-order valence-electron chi connectivity index (χ0n) is 21.0. The molecule has 6 heteroatoms. The first-order chi connectivity index (χ1) is 17.9. The number of amides is 1. The Morgan fingerprint density at radius 1 is 1.03 bits per heavy atom. The van der Waals surface area contributed by atoms with Crippen molar-refractivity contribution >= 4 is 51.0 Å². The number of fused-ring (bicyclic) bond motifs is 1. The van der Waals surface area contributed by atoms with Crippen molar-refractivity contribution in [1.82, 2.24) is 0 Å². The van der Waals surface area contributed by atoms with Crippen LogP contribution in [0.5, 0.6) is 11.5 Å². The summed E-state index contributed by atoms with van der Waals surface area (Å²) >= 11 is 2.20. The van der Waals surface area contributed by atoms with Crippen LogP contribution >= 0.6 is 22.6 Å². The van der Waals surface area contributed by atoms with Crippen LogP contribution in [-0.2, 0) is 11.4 Å². The Balaban J connectivity index is 1.62. The summed E-state index contributed by atoms with van der Waals surface area (Å²) in [5.41, 5.74) is 4.62. The maximum absolute atomic E-state index is 12.8. The van der Waals surface area contributed by atoms with Gasteiger partial charge >= 0.3 is 0 Å². The van der Waals surface area contributed by atoms with Gasteiger partial charge in [-0.2, -0.15) is 5.26 Å². The number of nitrogens with zero attached hydrogens (tertiary/aromatic N) is 1. The second-order valence-electron chi connectivity index (χ2n) is 8.63. The number of anilines is 1. The lowest BCUT2D eigenvalue weighted by atomic mass is 10.0. The first-order valence-electron chi connectivity index (χ1n) is 12.0. The molecule has 0 aliphatic carbocycles. The molecule has 37 heavy (non-hydrogen) atoms. The number of aryl methyl sites for hydroxylation is 2. The lowest BCUT2D eigenvalue weighted by molar-refractivity contribution is -0.112. The third-order valence-electron chi connectivity index (χ3n) is 5.92. The van der Waals surface area contributed by atoms with Crippen molar-refractivity contribution in [2.75, 3.05) is 11.9 Å². The van der Waals surface area contributed by atoms with Gasteiger partial charge < -0.3 is 14.8 Å². The Morgan fingerprint density at radius 3 is 2.59 bits per heavy atom. The highest BCUT2D eigenvalue weighted by Crippen LogP contribution is 2.36. The van der Waals surface area contributed by atoms with Crippen LogP contribution in [0.2, 0.25) is 0 Å². The molecule has 0 heterocycles. The first-order valence-corrected chi connectivity index (χ1v) is 13.0. The van der Waals surface area contributed by atoms with Gasteiger partial charge in [0, 0.05) is 11.3 Å². The number of nitriles is 1. The number of hydrogen-bond donors (Lipinski definition) is 1. The van der Waals surface area contributed by atoms with E-state index in [1.807, 2.05) is 56.3 Å². The van der Waals surface area contributed by atoms with E-state index in [-0.39, 0.29) is 5.57 Å². The van der Waals surface area contributed by atoms with Gasteiger partial charge in [-0.25, -0.2) is 0 Å². The Bertz CT molecular complexity index is 1540. The van der Waals surface area contributed by atoms with Crippen LogP contribution in [0.4, 0.5) is 5.69 Å². The smallest absolute Gasteiger partial charge is 0.266 e. The topological polar surface area (TPSA) is 71.3 Å². The molecule has 5 nitrogen and oxygen atoms in total. The van der Waals surface area contributed by atoms with E-state index in [1.165, 1.54) is 5.39 Å². The fraction of sp³-hybridized carbons (Fsp3) is 0.161. The Hall–Kier alpha value is -3.83. The van der Waals surface area contributed by atoms with Crippen molar-refractivity contribution in [3.63, 3.8) is 0 Å². The molecule has 0 aliphatic heterocycles. The molecular formula is C31H27IN2O3. The third kappa shape index (κ3) is 6.30. The number of rotatable bonds is 8. The van der Waals surface area contributed by atoms with Crippen molar-refractivity contribution in [3.05, 3.63) is 104 Å². The minimum atomic E-state index is -0.465. The molecule has 4 aromatic carbocycles. The fourth-order valence-electron chi connectivity index (χ4n) is 4.09. The van der Waals surface area contributed by atoms with Gasteiger partial charge in [0.2, 0.25) is 0 Å². The number of carbonyl (C=O) groups excluding carboxylic acids is 1. The summed E-state index contributed by atoms with van der Waals surface area (Å²) in [5, 5.41) is 14.8. The summed E-state index contributed by atoms with van der Waals surface area (Å²) in [5.74, 6) is 0.734. The molecule has 0 bridgehead atoms. The van der Waals surface area contributed by atoms with Gasteiger partial charge in [0.05, 0.1) is 10.2 Å². The molecule has 0 saturated heterocycles. The number of hydrogen-bond acceptors (Lipinski definition) is 4. The molecular weight excluding hydrogens is 575 g/mol. The Morgan fingerprint density at radius 2 is 1.84 bits per heavy atom. The van der Waals surface area contributed by atoms with E-state index >= 15 is 0 Å². The van der Waals surface area contributed by atoms with Crippen molar-refractivity contribution in [1.29, 1.82) is 5.26 Å². The standard InChI is InChI=1S/C31H27IN2O3/c1-4-36-29-17-22(15-24(18-33)31(35)34-25-10-7-8-20(2)14-25)16-28(32)30(29)37-19-27-21(3)12-13-23-9-5-6-11-26(23)27/h5-17H,4,19H2,1-3H3,(H,34,35)/b24-15+. The van der Waals surface area contributed by atoms with Crippen LogP contribution < -0.4 is 14.8 Å². The molecule has 4 aromatic rings. The maximum Gasteiger partial charge on any atom is 0.266 e. The molecule has 0 aliphatic rings. The van der Waals surface area contributed by atoms with Gasteiger partial charge in [-0.1, -0.05) is 48.5 Å². The molecule has 4 rings (SSSR count). The molecule has 1 N–H and O–H groups in total. The van der Waals surface area contributed by atoms with Crippen LogP contribution in [0.25, 0.3) is 16.8 Å². The largest absolute Gasteiger partial charge is 0.490 e. The monoisotopic (exact) mass is 602 g/mol. The van der Waals surface area contributed by atoms with Crippen molar-refractivity contribution in [2.24, 2.45) is 0 Å². The zero-order valence-corrected chi connectivity index (χ0v) is 23.1. The number of ether oxygens (including phenoxy) is 2. The highest BCUT2D eigenvalue weighted by molar-refractivity contribution is 14.1. The minimum Gasteiger partial charge on any atom is -0.490 e.